The van der Waals surface area contributed by atoms with Crippen molar-refractivity contribution in [2.24, 2.45) is 0 Å². The van der Waals surface area contributed by atoms with Gasteiger partial charge in [0.15, 0.2) is 17.3 Å². The lowest BCUT2D eigenvalue weighted by Gasteiger charge is -2.19. The quantitative estimate of drug-likeness (QED) is 0.313. The molecule has 2 aromatic carbocycles. The Balaban J connectivity index is 1.97. The third-order valence-corrected chi connectivity index (χ3v) is 6.33. The van der Waals surface area contributed by atoms with Gasteiger partial charge in [-0.3, -0.25) is 9.59 Å². The van der Waals surface area contributed by atoms with Crippen LogP contribution >= 0.6 is 0 Å². The van der Waals surface area contributed by atoms with E-state index in [1.54, 1.807) is 0 Å². The van der Waals surface area contributed by atoms with Gasteiger partial charge < -0.3 is 20.2 Å². The molecule has 0 aliphatic carbocycles. The smallest absolute Gasteiger partial charge is 0.305 e. The number of amides is 1. The zero-order chi connectivity index (χ0) is 28.9. The van der Waals surface area contributed by atoms with Crippen LogP contribution in [-0.4, -0.2) is 61.1 Å². The Morgan fingerprint density at radius 3 is 2.31 bits per heavy atom. The maximum Gasteiger partial charge on any atom is 0.305 e. The third-order valence-electron chi connectivity index (χ3n) is 6.33. The molecular weight excluding hydrogens is 515 g/mol. The van der Waals surface area contributed by atoms with Crippen molar-refractivity contribution in [3.8, 4) is 5.69 Å². The van der Waals surface area contributed by atoms with Crippen LogP contribution < -0.4 is 0 Å². The number of carbonyl (C=O) groups is 2. The summed E-state index contributed by atoms with van der Waals surface area (Å²) in [4.78, 5) is 25.6. The predicted octanol–water partition coefficient (Wildman–Crippen LogP) is 4.20. The molecule has 1 heterocycles. The molecule has 0 saturated carbocycles. The average Bonchev–Trinajstić information content (AvgIpc) is 3.24. The first-order valence-corrected chi connectivity index (χ1v) is 12.5. The molecular formula is C28H32F3N3O5. The average molecular weight is 548 g/mol. The number of halogens is 3. The predicted molar refractivity (Wildman–Crippen MR) is 137 cm³/mol. The van der Waals surface area contributed by atoms with E-state index in [4.69, 9.17) is 5.11 Å². The molecule has 0 spiro atoms. The second kappa shape index (κ2) is 12.9. The maximum atomic E-state index is 14.3. The van der Waals surface area contributed by atoms with E-state index in [2.05, 4.69) is 5.10 Å². The van der Waals surface area contributed by atoms with Crippen molar-refractivity contribution in [1.29, 1.82) is 0 Å². The third kappa shape index (κ3) is 7.45. The summed E-state index contributed by atoms with van der Waals surface area (Å²) in [6.07, 6.45) is -2.58. The van der Waals surface area contributed by atoms with Crippen molar-refractivity contribution < 1.29 is 38.1 Å². The fourth-order valence-corrected chi connectivity index (χ4v) is 4.46. The fourth-order valence-electron chi connectivity index (χ4n) is 4.46. The topological polar surface area (TPSA) is 116 Å². The Kier molecular flexibility index (Phi) is 9.87. The Hall–Kier alpha value is -3.70. The van der Waals surface area contributed by atoms with E-state index < -0.39 is 48.0 Å². The fraction of sp³-hybridized carbons (Fsp3) is 0.393. The van der Waals surface area contributed by atoms with Gasteiger partial charge in [-0.25, -0.2) is 17.9 Å². The normalized spacial score (nSPS) is 12.9. The minimum Gasteiger partial charge on any atom is -0.481 e. The first-order valence-electron chi connectivity index (χ1n) is 12.5. The number of aliphatic hydroxyl groups excluding tert-OH is 2. The van der Waals surface area contributed by atoms with Crippen molar-refractivity contribution in [3.05, 3.63) is 82.4 Å². The molecule has 0 aliphatic rings. The molecule has 0 unspecified atom stereocenters. The van der Waals surface area contributed by atoms with Crippen LogP contribution in [0.2, 0.25) is 0 Å². The van der Waals surface area contributed by atoms with Crippen LogP contribution in [0.25, 0.3) is 5.69 Å². The van der Waals surface area contributed by atoms with Gasteiger partial charge in [0.2, 0.25) is 0 Å². The number of aliphatic hydroxyl groups is 2. The number of nitrogens with zero attached hydrogens (tertiary/aromatic N) is 3. The molecule has 0 aliphatic heterocycles. The van der Waals surface area contributed by atoms with Gasteiger partial charge in [-0.2, -0.15) is 5.10 Å². The number of aliphatic carboxylic acids is 1. The van der Waals surface area contributed by atoms with Gasteiger partial charge in [0.05, 0.1) is 24.3 Å². The number of hydrogen-bond donors (Lipinski definition) is 3. The number of carboxylic acid groups (broad SMARTS) is 1. The van der Waals surface area contributed by atoms with Crippen LogP contribution in [-0.2, 0) is 17.8 Å². The summed E-state index contributed by atoms with van der Waals surface area (Å²) in [5.41, 5.74) is 1.67. The highest BCUT2D eigenvalue weighted by Crippen LogP contribution is 2.29. The van der Waals surface area contributed by atoms with Crippen LogP contribution in [0, 0.1) is 17.5 Å². The summed E-state index contributed by atoms with van der Waals surface area (Å²) in [6.45, 7) is 3.50. The second-order valence-corrected chi connectivity index (χ2v) is 9.81. The number of rotatable bonds is 12. The number of benzene rings is 2. The molecule has 39 heavy (non-hydrogen) atoms. The molecule has 2 atom stereocenters. The summed E-state index contributed by atoms with van der Waals surface area (Å²) in [7, 11) is 1.45. The van der Waals surface area contributed by atoms with E-state index in [0.717, 1.165) is 6.07 Å². The summed E-state index contributed by atoms with van der Waals surface area (Å²) in [6, 6.07) is 9.19. The lowest BCUT2D eigenvalue weighted by Crippen LogP contribution is -2.28. The Labute approximate surface area is 224 Å². The first-order chi connectivity index (χ1) is 18.4. The summed E-state index contributed by atoms with van der Waals surface area (Å²) in [5.74, 6) is -4.47. The zero-order valence-corrected chi connectivity index (χ0v) is 21.9. The van der Waals surface area contributed by atoms with Gasteiger partial charge in [-0.15, -0.1) is 0 Å². The van der Waals surface area contributed by atoms with Crippen LogP contribution in [0.5, 0.6) is 0 Å². The molecule has 11 heteroatoms. The van der Waals surface area contributed by atoms with E-state index in [0.29, 0.717) is 16.9 Å². The van der Waals surface area contributed by atoms with Gasteiger partial charge in [0, 0.05) is 30.4 Å². The van der Waals surface area contributed by atoms with Gasteiger partial charge in [0.25, 0.3) is 5.91 Å². The van der Waals surface area contributed by atoms with Crippen LogP contribution in [0.1, 0.15) is 66.3 Å². The standard InChI is InChI=1S/C28H32F3N3O5/c1-16(2)25-23(12-11-20(35)13-21(36)14-24(37)38)34(19-9-7-18(29)8-10-19)32-27(25)28(39)33(3)15-17-5-4-6-22(30)26(17)31/h4-10,16,20-21,35-36H,11-15H2,1-3H3,(H,37,38)/t20-,21-/m1/s1. The van der Waals surface area contributed by atoms with Crippen molar-refractivity contribution >= 4 is 11.9 Å². The Bertz CT molecular complexity index is 1310. The minimum atomic E-state index is -1.22. The van der Waals surface area contributed by atoms with Gasteiger partial charge in [-0.05, 0) is 55.5 Å². The summed E-state index contributed by atoms with van der Waals surface area (Å²) >= 11 is 0. The number of hydrogen-bond acceptors (Lipinski definition) is 5. The molecule has 0 bridgehead atoms. The monoisotopic (exact) mass is 547 g/mol. The second-order valence-electron chi connectivity index (χ2n) is 9.81. The van der Waals surface area contributed by atoms with E-state index in [1.807, 2.05) is 13.8 Å². The number of carbonyl (C=O) groups excluding carboxylic acids is 1. The first kappa shape index (κ1) is 29.9. The molecule has 8 nitrogen and oxygen atoms in total. The van der Waals surface area contributed by atoms with Crippen molar-refractivity contribution in [2.75, 3.05) is 7.05 Å². The molecule has 1 amide bonds. The largest absolute Gasteiger partial charge is 0.481 e. The molecule has 0 radical (unpaired) electrons. The highest BCUT2D eigenvalue weighted by Gasteiger charge is 2.28. The van der Waals surface area contributed by atoms with E-state index >= 15 is 0 Å². The van der Waals surface area contributed by atoms with E-state index in [1.165, 1.54) is 53.0 Å². The highest BCUT2D eigenvalue weighted by molar-refractivity contribution is 5.94. The summed E-state index contributed by atoms with van der Waals surface area (Å²) in [5, 5.41) is 33.7. The molecule has 3 N–H and O–H groups in total. The highest BCUT2D eigenvalue weighted by atomic mass is 19.2. The lowest BCUT2D eigenvalue weighted by molar-refractivity contribution is -0.139. The van der Waals surface area contributed by atoms with Gasteiger partial charge in [-0.1, -0.05) is 26.0 Å². The molecule has 3 rings (SSSR count). The lowest BCUT2D eigenvalue weighted by atomic mass is 9.95. The van der Waals surface area contributed by atoms with Crippen molar-refractivity contribution in [2.45, 2.75) is 64.2 Å². The summed E-state index contributed by atoms with van der Waals surface area (Å²) < 4.78 is 43.1. The van der Waals surface area contributed by atoms with Crippen LogP contribution in [0.4, 0.5) is 13.2 Å². The van der Waals surface area contributed by atoms with Gasteiger partial charge >= 0.3 is 5.97 Å². The zero-order valence-electron chi connectivity index (χ0n) is 21.9. The van der Waals surface area contributed by atoms with E-state index in [9.17, 15) is 33.0 Å². The SMILES string of the molecule is CC(C)c1c(C(=O)N(C)Cc2cccc(F)c2F)nn(-c2ccc(F)cc2)c1CC[C@@H](O)C[C@@H](O)CC(=O)O. The van der Waals surface area contributed by atoms with Gasteiger partial charge in [0.1, 0.15) is 5.82 Å². The molecule has 210 valence electrons. The molecule has 0 saturated heterocycles. The minimum absolute atomic E-state index is 0.00169. The van der Waals surface area contributed by atoms with Crippen molar-refractivity contribution in [3.63, 3.8) is 0 Å². The number of aromatic nitrogens is 2. The van der Waals surface area contributed by atoms with Crippen molar-refractivity contribution in [1.82, 2.24) is 14.7 Å². The molecule has 1 aromatic heterocycles. The molecule has 0 fully saturated rings. The van der Waals surface area contributed by atoms with Crippen LogP contribution in [0.3, 0.4) is 0 Å². The Morgan fingerprint density at radius 2 is 1.69 bits per heavy atom. The van der Waals surface area contributed by atoms with E-state index in [-0.39, 0.29) is 43.0 Å². The maximum absolute atomic E-state index is 14.3. The Morgan fingerprint density at radius 1 is 1.03 bits per heavy atom. The number of carboxylic acids is 1. The molecule has 3 aromatic rings. The van der Waals surface area contributed by atoms with Crippen LogP contribution in [0.15, 0.2) is 42.5 Å².